The van der Waals surface area contributed by atoms with Crippen molar-refractivity contribution >= 4 is 15.9 Å². The van der Waals surface area contributed by atoms with Gasteiger partial charge in [-0.1, -0.05) is 59.3 Å². The zero-order valence-electron chi connectivity index (χ0n) is 13.7. The molecular formula is C16H30O4S. The minimum absolute atomic E-state index is 0.222. The number of carbonyl (C=O) groups excluding carboxylic acids is 1. The van der Waals surface area contributed by atoms with Crippen LogP contribution in [0.5, 0.6) is 0 Å². The van der Waals surface area contributed by atoms with Crippen LogP contribution in [-0.2, 0) is 19.1 Å². The molecule has 0 saturated heterocycles. The Hall–Kier alpha value is -0.420. The Morgan fingerprint density at radius 3 is 2.33 bits per heavy atom. The first-order valence-electron chi connectivity index (χ1n) is 8.21. The highest BCUT2D eigenvalue weighted by Crippen LogP contribution is 2.27. The molecule has 21 heavy (non-hydrogen) atoms. The predicted octanol–water partition coefficient (Wildman–Crippen LogP) is 3.84. The molecule has 5 heteroatoms. The van der Waals surface area contributed by atoms with Gasteiger partial charge in [0.05, 0.1) is 6.10 Å². The maximum Gasteiger partial charge on any atom is 0.274 e. The van der Waals surface area contributed by atoms with E-state index in [4.69, 9.17) is 4.18 Å². The van der Waals surface area contributed by atoms with Crippen molar-refractivity contribution in [3.05, 3.63) is 0 Å². The molecule has 0 amide bonds. The Morgan fingerprint density at radius 2 is 1.76 bits per heavy atom. The van der Waals surface area contributed by atoms with Gasteiger partial charge >= 0.3 is 0 Å². The van der Waals surface area contributed by atoms with Gasteiger partial charge in [0.25, 0.3) is 10.1 Å². The molecule has 0 N–H and O–H groups in total. The SMILES string of the molecule is CCCCCC(C)(C)C(=O)CS(=O)(=O)OC1CCCCC1. The van der Waals surface area contributed by atoms with Crippen molar-refractivity contribution in [2.45, 2.75) is 84.7 Å². The largest absolute Gasteiger partial charge is 0.298 e. The van der Waals surface area contributed by atoms with Crippen LogP contribution in [0.3, 0.4) is 0 Å². The van der Waals surface area contributed by atoms with Crippen LogP contribution < -0.4 is 0 Å². The van der Waals surface area contributed by atoms with Crippen molar-refractivity contribution in [2.75, 3.05) is 5.75 Å². The molecule has 0 spiro atoms. The Balaban J connectivity index is 2.50. The average Bonchev–Trinajstić information content (AvgIpc) is 2.38. The lowest BCUT2D eigenvalue weighted by atomic mass is 9.83. The Morgan fingerprint density at radius 1 is 1.14 bits per heavy atom. The van der Waals surface area contributed by atoms with E-state index in [2.05, 4.69) is 6.92 Å². The second-order valence-electron chi connectivity index (χ2n) is 6.82. The molecule has 0 aliphatic heterocycles. The number of hydrogen-bond donors (Lipinski definition) is 0. The standard InChI is InChI=1S/C16H30O4S/c1-4-5-9-12-16(2,3)15(17)13-21(18,19)20-14-10-7-6-8-11-14/h14H,4-13H2,1-3H3. The van der Waals surface area contributed by atoms with Crippen molar-refractivity contribution in [1.82, 2.24) is 0 Å². The van der Waals surface area contributed by atoms with Crippen LogP contribution in [0.15, 0.2) is 0 Å². The van der Waals surface area contributed by atoms with Gasteiger partial charge in [-0.05, 0) is 19.3 Å². The van der Waals surface area contributed by atoms with E-state index < -0.39 is 21.3 Å². The number of unbranched alkanes of at least 4 members (excludes halogenated alkanes) is 2. The smallest absolute Gasteiger partial charge is 0.274 e. The van der Waals surface area contributed by atoms with Gasteiger partial charge < -0.3 is 0 Å². The van der Waals surface area contributed by atoms with E-state index >= 15 is 0 Å². The normalized spacial score (nSPS) is 17.9. The first-order chi connectivity index (χ1) is 9.77. The van der Waals surface area contributed by atoms with Gasteiger partial charge in [0, 0.05) is 5.41 Å². The summed E-state index contributed by atoms with van der Waals surface area (Å²) in [4.78, 5) is 12.3. The lowest BCUT2D eigenvalue weighted by Crippen LogP contribution is -2.33. The molecule has 0 radical (unpaired) electrons. The Bertz CT molecular complexity index is 420. The quantitative estimate of drug-likeness (QED) is 0.478. The van der Waals surface area contributed by atoms with E-state index in [9.17, 15) is 13.2 Å². The van der Waals surface area contributed by atoms with Crippen LogP contribution in [-0.4, -0.2) is 26.1 Å². The number of hydrogen-bond acceptors (Lipinski definition) is 4. The van der Waals surface area contributed by atoms with Crippen molar-refractivity contribution in [2.24, 2.45) is 5.41 Å². The summed E-state index contributed by atoms with van der Waals surface area (Å²) in [5, 5.41) is 0. The van der Waals surface area contributed by atoms with Gasteiger partial charge in [-0.15, -0.1) is 0 Å². The molecule has 124 valence electrons. The summed E-state index contributed by atoms with van der Waals surface area (Å²) in [6.45, 7) is 5.78. The molecule has 0 aromatic carbocycles. The van der Waals surface area contributed by atoms with Crippen LogP contribution >= 0.6 is 0 Å². The van der Waals surface area contributed by atoms with Crippen LogP contribution in [0.1, 0.15) is 78.6 Å². The summed E-state index contributed by atoms with van der Waals surface area (Å²) in [6, 6.07) is 0. The summed E-state index contributed by atoms with van der Waals surface area (Å²) in [5.74, 6) is -0.711. The highest BCUT2D eigenvalue weighted by molar-refractivity contribution is 7.87. The van der Waals surface area contributed by atoms with Gasteiger partial charge in [0.2, 0.25) is 0 Å². The second-order valence-corrected chi connectivity index (χ2v) is 8.42. The average molecular weight is 318 g/mol. The minimum Gasteiger partial charge on any atom is -0.298 e. The van der Waals surface area contributed by atoms with E-state index in [1.807, 2.05) is 13.8 Å². The molecule has 0 bridgehead atoms. The maximum absolute atomic E-state index is 12.3. The molecule has 1 aliphatic carbocycles. The number of rotatable bonds is 9. The molecule has 0 aromatic rings. The van der Waals surface area contributed by atoms with Crippen LogP contribution in [0.4, 0.5) is 0 Å². The fourth-order valence-corrected chi connectivity index (χ4v) is 4.10. The molecule has 4 nitrogen and oxygen atoms in total. The van der Waals surface area contributed by atoms with Crippen LogP contribution in [0.25, 0.3) is 0 Å². The highest BCUT2D eigenvalue weighted by atomic mass is 32.2. The van der Waals surface area contributed by atoms with Crippen molar-refractivity contribution in [1.29, 1.82) is 0 Å². The third-order valence-electron chi connectivity index (χ3n) is 4.30. The van der Waals surface area contributed by atoms with E-state index in [0.29, 0.717) is 0 Å². The zero-order chi connectivity index (χ0) is 15.9. The summed E-state index contributed by atoms with van der Waals surface area (Å²) in [5.41, 5.74) is -0.585. The summed E-state index contributed by atoms with van der Waals surface area (Å²) >= 11 is 0. The van der Waals surface area contributed by atoms with Gasteiger partial charge in [0.1, 0.15) is 5.75 Å². The topological polar surface area (TPSA) is 60.4 Å². The second kappa shape index (κ2) is 8.28. The van der Waals surface area contributed by atoms with E-state index in [1.165, 1.54) is 0 Å². The maximum atomic E-state index is 12.3. The first kappa shape index (κ1) is 18.6. The van der Waals surface area contributed by atoms with Crippen molar-refractivity contribution < 1.29 is 17.4 Å². The molecule has 0 atom stereocenters. The summed E-state index contributed by atoms with van der Waals surface area (Å²) < 4.78 is 29.3. The number of ketones is 1. The molecule has 0 aromatic heterocycles. The molecule has 0 heterocycles. The van der Waals surface area contributed by atoms with Gasteiger partial charge in [-0.3, -0.25) is 8.98 Å². The summed E-state index contributed by atoms with van der Waals surface area (Å²) in [7, 11) is -3.74. The Labute approximate surface area is 129 Å². The molecule has 0 unspecified atom stereocenters. The monoisotopic (exact) mass is 318 g/mol. The van der Waals surface area contributed by atoms with Crippen molar-refractivity contribution in [3.8, 4) is 0 Å². The third kappa shape index (κ3) is 6.92. The van der Waals surface area contributed by atoms with Gasteiger partial charge in [-0.25, -0.2) is 0 Å². The van der Waals surface area contributed by atoms with E-state index in [-0.39, 0.29) is 11.9 Å². The Kier molecular flexibility index (Phi) is 7.34. The summed E-state index contributed by atoms with van der Waals surface area (Å²) in [6.07, 6.45) is 8.36. The van der Waals surface area contributed by atoms with Gasteiger partial charge in [-0.2, -0.15) is 8.42 Å². The highest BCUT2D eigenvalue weighted by Gasteiger charge is 2.32. The third-order valence-corrected chi connectivity index (χ3v) is 5.48. The van der Waals surface area contributed by atoms with E-state index in [1.54, 1.807) is 0 Å². The molecule has 1 aliphatic rings. The zero-order valence-corrected chi connectivity index (χ0v) is 14.5. The van der Waals surface area contributed by atoms with Crippen LogP contribution in [0.2, 0.25) is 0 Å². The van der Waals surface area contributed by atoms with Crippen LogP contribution in [0, 0.1) is 5.41 Å². The lowest BCUT2D eigenvalue weighted by molar-refractivity contribution is -0.125. The molecular weight excluding hydrogens is 288 g/mol. The van der Waals surface area contributed by atoms with E-state index in [0.717, 1.165) is 57.8 Å². The fraction of sp³-hybridized carbons (Fsp3) is 0.938. The lowest BCUT2D eigenvalue weighted by Gasteiger charge is -2.25. The first-order valence-corrected chi connectivity index (χ1v) is 9.79. The minimum atomic E-state index is -3.74. The van der Waals surface area contributed by atoms with Gasteiger partial charge in [0.15, 0.2) is 5.78 Å². The number of carbonyl (C=O) groups is 1. The molecule has 1 saturated carbocycles. The van der Waals surface area contributed by atoms with Crippen molar-refractivity contribution in [3.63, 3.8) is 0 Å². The fourth-order valence-electron chi connectivity index (χ4n) is 2.71. The number of Topliss-reactive ketones (excluding diaryl/α,β-unsaturated/α-hetero) is 1. The molecule has 1 fully saturated rings. The predicted molar refractivity (Wildman–Crippen MR) is 84.7 cm³/mol. The molecule has 1 rings (SSSR count).